The number of nitrogens with zero attached hydrogens (tertiary/aromatic N) is 2. The van der Waals surface area contributed by atoms with Crippen LogP contribution < -0.4 is 11.1 Å². The number of amides is 2. The van der Waals surface area contributed by atoms with E-state index >= 15 is 0 Å². The topological polar surface area (TPSA) is 118 Å². The maximum atomic E-state index is 14.6. The number of hydrogen-bond acceptors (Lipinski definition) is 6. The summed E-state index contributed by atoms with van der Waals surface area (Å²) in [5.41, 5.74) is 4.79. The maximum absolute atomic E-state index is 14.6. The number of halogens is 1. The normalized spacial score (nSPS) is 18.8. The lowest BCUT2D eigenvalue weighted by molar-refractivity contribution is -0.137. The van der Waals surface area contributed by atoms with Crippen molar-refractivity contribution in [2.75, 3.05) is 32.6 Å². The van der Waals surface area contributed by atoms with Crippen LogP contribution in [0.15, 0.2) is 30.3 Å². The average molecular weight is 440 g/mol. The second-order valence-electron chi connectivity index (χ2n) is 7.74. The van der Waals surface area contributed by atoms with Crippen LogP contribution in [0.4, 0.5) is 10.1 Å². The number of pyridine rings is 1. The molecule has 0 spiro atoms. The Kier molecular flexibility index (Phi) is 6.77. The molecule has 1 aromatic heterocycles. The van der Waals surface area contributed by atoms with Gasteiger partial charge in [0.15, 0.2) is 5.69 Å². The zero-order valence-corrected chi connectivity index (χ0v) is 18.1. The smallest absolute Gasteiger partial charge is 0.269 e. The Bertz CT molecular complexity index is 1110. The number of benzene rings is 1. The quantitative estimate of drug-likeness (QED) is 0.584. The van der Waals surface area contributed by atoms with Gasteiger partial charge in [-0.05, 0) is 37.3 Å². The van der Waals surface area contributed by atoms with Crippen molar-refractivity contribution in [2.24, 2.45) is 5.73 Å². The number of carbonyl (C=O) groups is 2. The number of rotatable bonds is 6. The van der Waals surface area contributed by atoms with Crippen molar-refractivity contribution < 1.29 is 23.8 Å². The number of aliphatic hydroxyl groups is 1. The molecular formula is C23H25FN4O4. The van der Waals surface area contributed by atoms with Crippen molar-refractivity contribution in [1.29, 1.82) is 0 Å². The summed E-state index contributed by atoms with van der Waals surface area (Å²) in [5.74, 6) is 3.55. The average Bonchev–Trinajstić information content (AvgIpc) is 3.01. The van der Waals surface area contributed by atoms with Gasteiger partial charge in [0.2, 0.25) is 5.60 Å². The van der Waals surface area contributed by atoms with Crippen LogP contribution in [0, 0.1) is 17.7 Å². The summed E-state index contributed by atoms with van der Waals surface area (Å²) >= 11 is 0. The number of nitrogens with two attached hydrogens (primary N) is 1. The molecule has 2 atom stereocenters. The van der Waals surface area contributed by atoms with E-state index in [2.05, 4.69) is 22.1 Å². The van der Waals surface area contributed by atoms with E-state index in [9.17, 15) is 19.1 Å². The van der Waals surface area contributed by atoms with E-state index in [4.69, 9.17) is 10.5 Å². The largest absolute Gasteiger partial charge is 0.383 e. The van der Waals surface area contributed by atoms with Crippen LogP contribution in [0.5, 0.6) is 0 Å². The minimum Gasteiger partial charge on any atom is -0.383 e. The first-order valence-corrected chi connectivity index (χ1v) is 10.0. The van der Waals surface area contributed by atoms with Gasteiger partial charge in [-0.3, -0.25) is 9.59 Å². The van der Waals surface area contributed by atoms with Crippen molar-refractivity contribution in [2.45, 2.75) is 25.0 Å². The van der Waals surface area contributed by atoms with E-state index in [-0.39, 0.29) is 29.4 Å². The lowest BCUT2D eigenvalue weighted by atomic mass is 10.0. The molecule has 1 saturated heterocycles. The first-order chi connectivity index (χ1) is 15.1. The van der Waals surface area contributed by atoms with E-state index in [1.165, 1.54) is 23.1 Å². The number of hydrogen-bond donors (Lipinski definition) is 3. The van der Waals surface area contributed by atoms with E-state index in [0.29, 0.717) is 24.4 Å². The molecule has 4 N–H and O–H groups in total. The zero-order valence-electron chi connectivity index (χ0n) is 18.1. The Balaban J connectivity index is 1.95. The molecule has 0 bridgehead atoms. The van der Waals surface area contributed by atoms with Crippen molar-refractivity contribution in [3.05, 3.63) is 47.4 Å². The number of methoxy groups -OCH3 is 1. The summed E-state index contributed by atoms with van der Waals surface area (Å²) < 4.78 is 19.7. The zero-order chi connectivity index (χ0) is 23.5. The number of primary amides is 1. The lowest BCUT2D eigenvalue weighted by Crippen LogP contribution is -2.37. The molecule has 0 radical (unpaired) electrons. The minimum atomic E-state index is -1.76. The number of anilines is 1. The van der Waals surface area contributed by atoms with Gasteiger partial charge in [-0.1, -0.05) is 11.8 Å². The number of aromatic nitrogens is 1. The third kappa shape index (κ3) is 4.88. The molecule has 1 fully saturated rings. The Morgan fingerprint density at radius 3 is 2.81 bits per heavy atom. The van der Waals surface area contributed by atoms with Crippen molar-refractivity contribution in [1.82, 2.24) is 9.88 Å². The highest BCUT2D eigenvalue weighted by Crippen LogP contribution is 2.26. The van der Waals surface area contributed by atoms with Gasteiger partial charge in [0, 0.05) is 44.3 Å². The molecule has 0 unspecified atom stereocenters. The number of likely N-dealkylation sites (tertiary alicyclic amines) is 1. The third-order valence-electron chi connectivity index (χ3n) is 5.11. The molecule has 3 rings (SSSR count). The van der Waals surface area contributed by atoms with Gasteiger partial charge in [0.1, 0.15) is 5.82 Å². The summed E-state index contributed by atoms with van der Waals surface area (Å²) in [7, 11) is 3.15. The predicted octanol–water partition coefficient (Wildman–Crippen LogP) is 1.38. The molecule has 9 heteroatoms. The Morgan fingerprint density at radius 1 is 1.44 bits per heavy atom. The van der Waals surface area contributed by atoms with Gasteiger partial charge >= 0.3 is 0 Å². The summed E-state index contributed by atoms with van der Waals surface area (Å²) in [6, 6.07) is 7.15. The van der Waals surface area contributed by atoms with Crippen LogP contribution in [0.2, 0.25) is 0 Å². The SMILES string of the molecule is COC[C@H](C)Nc1ccc(-c2cc(C#C[C@]3(O)CCN(C)C3=O)ccc2F)nc1C(N)=O. The van der Waals surface area contributed by atoms with Crippen molar-refractivity contribution >= 4 is 17.5 Å². The van der Waals surface area contributed by atoms with E-state index in [1.807, 2.05) is 6.92 Å². The fraction of sp³-hybridized carbons (Fsp3) is 0.348. The maximum Gasteiger partial charge on any atom is 0.269 e. The van der Waals surface area contributed by atoms with E-state index in [1.54, 1.807) is 26.3 Å². The van der Waals surface area contributed by atoms with Crippen molar-refractivity contribution in [3.8, 4) is 23.1 Å². The molecule has 1 aliphatic heterocycles. The van der Waals surface area contributed by atoms with Crippen molar-refractivity contribution in [3.63, 3.8) is 0 Å². The summed E-state index contributed by atoms with van der Waals surface area (Å²) in [6.07, 6.45) is 0.197. The number of carbonyl (C=O) groups excluding carboxylic acids is 2. The van der Waals surface area contributed by atoms with Gasteiger partial charge in [0.05, 0.1) is 18.0 Å². The fourth-order valence-electron chi connectivity index (χ4n) is 3.42. The number of likely N-dealkylation sites (N-methyl/N-ethyl adjacent to an activating group) is 1. The van der Waals surface area contributed by atoms with Crippen LogP contribution in [0.1, 0.15) is 29.4 Å². The second kappa shape index (κ2) is 9.34. The highest BCUT2D eigenvalue weighted by atomic mass is 19.1. The van der Waals surface area contributed by atoms with Gasteiger partial charge in [0.25, 0.3) is 11.8 Å². The summed E-state index contributed by atoms with van der Waals surface area (Å²) in [4.78, 5) is 29.7. The molecule has 32 heavy (non-hydrogen) atoms. The molecule has 1 aromatic carbocycles. The Labute approximate surface area is 185 Å². The third-order valence-corrected chi connectivity index (χ3v) is 5.11. The molecule has 168 valence electrons. The molecule has 2 amide bonds. The lowest BCUT2D eigenvalue weighted by Gasteiger charge is -2.16. The second-order valence-corrected chi connectivity index (χ2v) is 7.74. The highest BCUT2D eigenvalue weighted by Gasteiger charge is 2.42. The molecule has 2 heterocycles. The number of ether oxygens (including phenoxy) is 1. The van der Waals surface area contributed by atoms with Gasteiger partial charge < -0.3 is 25.8 Å². The molecule has 1 aliphatic rings. The van der Waals surface area contributed by atoms with E-state index < -0.39 is 23.2 Å². The summed E-state index contributed by atoms with van der Waals surface area (Å²) in [6.45, 7) is 2.67. The van der Waals surface area contributed by atoms with E-state index in [0.717, 1.165) is 0 Å². The van der Waals surface area contributed by atoms with Gasteiger partial charge in [-0.15, -0.1) is 0 Å². The first kappa shape index (κ1) is 23.2. The fourth-order valence-corrected chi connectivity index (χ4v) is 3.42. The van der Waals surface area contributed by atoms with Gasteiger partial charge in [-0.2, -0.15) is 0 Å². The monoisotopic (exact) mass is 440 g/mol. The minimum absolute atomic E-state index is 0.0322. The Hall–Kier alpha value is -3.48. The van der Waals surface area contributed by atoms with Crippen LogP contribution in [0.3, 0.4) is 0 Å². The predicted molar refractivity (Wildman–Crippen MR) is 117 cm³/mol. The van der Waals surface area contributed by atoms with Crippen LogP contribution in [0.25, 0.3) is 11.3 Å². The first-order valence-electron chi connectivity index (χ1n) is 10.0. The van der Waals surface area contributed by atoms with Gasteiger partial charge in [-0.25, -0.2) is 9.37 Å². The highest BCUT2D eigenvalue weighted by molar-refractivity contribution is 5.97. The standard InChI is InChI=1S/C23H25FN4O4/c1-14(13-32-3)26-19-7-6-18(27-20(19)21(25)29)16-12-15(4-5-17(16)24)8-9-23(31)10-11-28(2)22(23)30/h4-7,12,14,26,31H,10-11,13H2,1-3H3,(H2,25,29)/t14-,23-/m0/s1. The van der Waals surface area contributed by atoms with Crippen LogP contribution >= 0.6 is 0 Å². The molecule has 0 aliphatic carbocycles. The number of nitrogens with one attached hydrogen (secondary N) is 1. The van der Waals surface area contributed by atoms with Crippen LogP contribution in [-0.4, -0.2) is 65.8 Å². The molecular weight excluding hydrogens is 415 g/mol. The Morgan fingerprint density at radius 2 is 2.19 bits per heavy atom. The molecule has 8 nitrogen and oxygen atoms in total. The summed E-state index contributed by atoms with van der Waals surface area (Å²) in [5, 5.41) is 13.5. The van der Waals surface area contributed by atoms with Crippen LogP contribution in [-0.2, 0) is 9.53 Å². The molecule has 2 aromatic rings. The molecule has 0 saturated carbocycles.